The molecule has 0 radical (unpaired) electrons. The van der Waals surface area contributed by atoms with E-state index in [9.17, 15) is 9.90 Å². The van der Waals surface area contributed by atoms with E-state index in [-0.39, 0.29) is 0 Å². The van der Waals surface area contributed by atoms with Crippen molar-refractivity contribution in [3.63, 3.8) is 0 Å². The van der Waals surface area contributed by atoms with Crippen LogP contribution in [0.2, 0.25) is 0 Å². The van der Waals surface area contributed by atoms with Gasteiger partial charge in [-0.25, -0.2) is 0 Å². The third-order valence-electron chi connectivity index (χ3n) is 16.5. The quantitative estimate of drug-likeness (QED) is 0.0362. The molecule has 482 valence electrons. The van der Waals surface area contributed by atoms with Gasteiger partial charge in [0, 0.05) is 25.7 Å². The Morgan fingerprint density at radius 1 is 0.301 bits per heavy atom. The van der Waals surface area contributed by atoms with Crippen LogP contribution in [-0.2, 0) is 9.53 Å². The Bertz CT molecular complexity index is 1470. The molecule has 0 aromatic rings. The van der Waals surface area contributed by atoms with Gasteiger partial charge in [-0.3, -0.25) is 4.79 Å². The van der Waals surface area contributed by atoms with Crippen molar-refractivity contribution in [3.05, 3.63) is 97.2 Å². The van der Waals surface area contributed by atoms with Crippen molar-refractivity contribution in [1.29, 1.82) is 0 Å². The maximum atomic E-state index is 12.3. The van der Waals surface area contributed by atoms with E-state index < -0.39 is 5.79 Å². The molecule has 0 saturated carbocycles. The Balaban J connectivity index is 3.98. The van der Waals surface area contributed by atoms with E-state index in [1.54, 1.807) is 0 Å². The number of carbonyl (C=O) groups is 1. The fourth-order valence-electron chi connectivity index (χ4n) is 10.9. The number of hydrogen-bond acceptors (Lipinski definition) is 4. The van der Waals surface area contributed by atoms with Gasteiger partial charge in [-0.1, -0.05) is 279 Å². The van der Waals surface area contributed by atoms with Gasteiger partial charge < -0.3 is 15.2 Å². The van der Waals surface area contributed by atoms with Crippen LogP contribution in [0.25, 0.3) is 0 Å². The topological polar surface area (TPSA) is 58.6 Å². The van der Waals surface area contributed by atoms with Crippen LogP contribution in [0.4, 0.5) is 0 Å². The monoisotopic (exact) mass is 1150 g/mol. The minimum absolute atomic E-state index is 0.494. The molecule has 83 heavy (non-hydrogen) atoms. The third-order valence-corrected chi connectivity index (χ3v) is 16.5. The Morgan fingerprint density at radius 3 is 0.843 bits per heavy atom. The van der Waals surface area contributed by atoms with Gasteiger partial charge in [0.1, 0.15) is 5.78 Å². The van der Waals surface area contributed by atoms with Crippen molar-refractivity contribution in [2.45, 2.75) is 380 Å². The first kappa shape index (κ1) is 80.5. The molecular weight excluding hydrogens is 1010 g/mol. The second kappa shape index (κ2) is 71.9. The van der Waals surface area contributed by atoms with Gasteiger partial charge in [0.15, 0.2) is 5.79 Å². The zero-order valence-corrected chi connectivity index (χ0v) is 56.0. The molecule has 0 aromatic carbocycles. The maximum Gasteiger partial charge on any atom is 0.165 e. The van der Waals surface area contributed by atoms with E-state index in [4.69, 9.17) is 4.74 Å². The molecule has 0 amide bonds. The highest BCUT2D eigenvalue weighted by Crippen LogP contribution is 2.26. The number of ether oxygens (including phenoxy) is 1. The van der Waals surface area contributed by atoms with E-state index in [1.807, 2.05) is 0 Å². The fraction of sp³-hybridized carbons (Fsp3) is 0.785. The van der Waals surface area contributed by atoms with Gasteiger partial charge in [0.05, 0.1) is 6.61 Å². The standard InChI is InChI=1S/C79H143NO3/c1-4-7-10-13-16-19-22-25-28-35-40-45-50-55-60-65-71-78(81)72-66-61-56-51-46-41-36-33-31-32-34-39-44-49-54-59-64-69-75-80-76-70-77-83-79(82,73-67-62-57-52-47-42-37-29-26-23-20-17-14-11-8-5-2)74-68-63-58-53-48-43-38-30-27-24-21-18-15-12-9-6-3/h16-21,25-31,33-34,39,80,82H,4-15,22-24,32,35-38,40-77H2,1-3H3. The van der Waals surface area contributed by atoms with Crippen molar-refractivity contribution in [1.82, 2.24) is 5.32 Å². The molecule has 0 spiro atoms. The first-order valence-electron chi connectivity index (χ1n) is 36.9. The van der Waals surface area contributed by atoms with Crippen LogP contribution in [-0.4, -0.2) is 36.4 Å². The molecule has 0 saturated heterocycles. The van der Waals surface area contributed by atoms with Crippen molar-refractivity contribution >= 4 is 5.78 Å². The van der Waals surface area contributed by atoms with E-state index in [0.717, 1.165) is 96.6 Å². The van der Waals surface area contributed by atoms with Crippen LogP contribution in [0.15, 0.2) is 97.2 Å². The summed E-state index contributed by atoms with van der Waals surface area (Å²) in [7, 11) is 0. The molecule has 0 aliphatic carbocycles. The van der Waals surface area contributed by atoms with E-state index in [2.05, 4.69) is 123 Å². The SMILES string of the molecule is CCCCCC=CCC=CCCCCCCCCC(=O)CCCCCCCCC=CCC=CCCCCCCCNCCCOC(O)(CCCCCCCCC=CCC=CCCCCC)CCCCCCCCC=CCC=CCCCCC. The molecule has 0 aromatic heterocycles. The van der Waals surface area contributed by atoms with Crippen LogP contribution in [0.3, 0.4) is 0 Å². The van der Waals surface area contributed by atoms with Crippen LogP contribution in [0, 0.1) is 0 Å². The number of hydrogen-bond donors (Lipinski definition) is 2. The van der Waals surface area contributed by atoms with E-state index in [0.29, 0.717) is 12.4 Å². The first-order valence-corrected chi connectivity index (χ1v) is 36.9. The molecule has 0 rings (SSSR count). The molecule has 4 nitrogen and oxygen atoms in total. The first-order chi connectivity index (χ1) is 41.1. The molecule has 0 heterocycles. The van der Waals surface area contributed by atoms with Crippen molar-refractivity contribution in [2.24, 2.45) is 0 Å². The zero-order chi connectivity index (χ0) is 59.8. The summed E-state index contributed by atoms with van der Waals surface area (Å²) in [6.07, 6.45) is 104. The second-order valence-corrected chi connectivity index (χ2v) is 24.8. The minimum atomic E-state index is -0.967. The van der Waals surface area contributed by atoms with E-state index in [1.165, 1.54) is 270 Å². The lowest BCUT2D eigenvalue weighted by atomic mass is 9.98. The lowest BCUT2D eigenvalue weighted by Gasteiger charge is -2.29. The summed E-state index contributed by atoms with van der Waals surface area (Å²) in [5, 5.41) is 15.4. The molecule has 0 atom stereocenters. The minimum Gasteiger partial charge on any atom is -0.365 e. The number of allylic oxidation sites excluding steroid dienone is 16. The molecule has 0 aliphatic rings. The van der Waals surface area contributed by atoms with E-state index >= 15 is 0 Å². The predicted molar refractivity (Wildman–Crippen MR) is 373 cm³/mol. The Kier molecular flexibility index (Phi) is 69.8. The lowest BCUT2D eigenvalue weighted by Crippen LogP contribution is -2.33. The highest BCUT2D eigenvalue weighted by molar-refractivity contribution is 5.78. The van der Waals surface area contributed by atoms with Crippen LogP contribution < -0.4 is 5.32 Å². The van der Waals surface area contributed by atoms with Crippen LogP contribution >= 0.6 is 0 Å². The molecule has 0 aliphatic heterocycles. The van der Waals surface area contributed by atoms with Crippen LogP contribution in [0.1, 0.15) is 374 Å². The summed E-state index contributed by atoms with van der Waals surface area (Å²) in [4.78, 5) is 12.3. The van der Waals surface area contributed by atoms with Crippen molar-refractivity contribution < 1.29 is 14.6 Å². The number of rotatable bonds is 69. The number of carbonyl (C=O) groups excluding carboxylic acids is 1. The predicted octanol–water partition coefficient (Wildman–Crippen LogP) is 25.8. The summed E-state index contributed by atoms with van der Waals surface area (Å²) in [6, 6.07) is 0. The smallest absolute Gasteiger partial charge is 0.165 e. The molecule has 2 N–H and O–H groups in total. The number of aliphatic hydroxyl groups is 1. The van der Waals surface area contributed by atoms with Gasteiger partial charge >= 0.3 is 0 Å². The number of Topliss-reactive ketones (excluding diaryl/α,β-unsaturated/α-hetero) is 1. The summed E-state index contributed by atoms with van der Waals surface area (Å²) < 4.78 is 6.33. The average molecular weight is 1160 g/mol. The van der Waals surface area contributed by atoms with Gasteiger partial charge in [-0.05, 0) is 180 Å². The summed E-state index contributed by atoms with van der Waals surface area (Å²) in [5.74, 6) is -0.473. The second-order valence-electron chi connectivity index (χ2n) is 24.8. The Hall–Kier alpha value is -2.53. The Morgan fingerprint density at radius 2 is 0.542 bits per heavy atom. The normalized spacial score (nSPS) is 13.3. The fourth-order valence-corrected chi connectivity index (χ4v) is 10.9. The third kappa shape index (κ3) is 70.1. The summed E-state index contributed by atoms with van der Waals surface area (Å²) >= 11 is 0. The molecule has 0 unspecified atom stereocenters. The molecular formula is C79H143NO3. The maximum absolute atomic E-state index is 12.3. The highest BCUT2D eigenvalue weighted by Gasteiger charge is 2.26. The average Bonchev–Trinajstić information content (AvgIpc) is 3.48. The zero-order valence-electron chi connectivity index (χ0n) is 56.0. The lowest BCUT2D eigenvalue weighted by molar-refractivity contribution is -0.213. The van der Waals surface area contributed by atoms with Gasteiger partial charge in [0.25, 0.3) is 0 Å². The van der Waals surface area contributed by atoms with Crippen molar-refractivity contribution in [2.75, 3.05) is 19.7 Å². The Labute approximate surface area is 519 Å². The number of nitrogens with one attached hydrogen (secondary N) is 1. The largest absolute Gasteiger partial charge is 0.365 e. The van der Waals surface area contributed by atoms with Crippen LogP contribution in [0.5, 0.6) is 0 Å². The van der Waals surface area contributed by atoms with Gasteiger partial charge in [0.2, 0.25) is 0 Å². The summed E-state index contributed by atoms with van der Waals surface area (Å²) in [6.45, 7) is 9.48. The molecule has 0 bridgehead atoms. The van der Waals surface area contributed by atoms with Gasteiger partial charge in [-0.2, -0.15) is 0 Å². The highest BCUT2D eigenvalue weighted by atomic mass is 16.6. The number of ketones is 1. The van der Waals surface area contributed by atoms with Gasteiger partial charge in [-0.15, -0.1) is 0 Å². The summed E-state index contributed by atoms with van der Waals surface area (Å²) in [5.41, 5.74) is 0. The molecule has 4 heteroatoms. The van der Waals surface area contributed by atoms with Crippen molar-refractivity contribution in [3.8, 4) is 0 Å². The number of unbranched alkanes of at least 4 members (excludes halogenated alkanes) is 38. The molecule has 0 fully saturated rings.